The van der Waals surface area contributed by atoms with Crippen LogP contribution in [0.1, 0.15) is 24.7 Å². The highest BCUT2D eigenvalue weighted by molar-refractivity contribution is 6.66. The minimum absolute atomic E-state index is 0.0848. The van der Waals surface area contributed by atoms with Gasteiger partial charge in [0.15, 0.2) is 0 Å². The second-order valence-corrected chi connectivity index (χ2v) is 4.78. The molecule has 1 saturated heterocycles. The monoisotopic (exact) mass is 254 g/mol. The quantitative estimate of drug-likeness (QED) is 0.777. The number of hydrogen-bond donors (Lipinski definition) is 2. The molecular formula is C11H15ClN4O. The van der Waals surface area contributed by atoms with Crippen molar-refractivity contribution in [3.8, 4) is 0 Å². The van der Waals surface area contributed by atoms with Crippen LogP contribution in [-0.4, -0.2) is 39.2 Å². The first-order valence-electron chi connectivity index (χ1n) is 5.84. The number of halogens is 1. The van der Waals surface area contributed by atoms with E-state index in [1.165, 1.54) is 0 Å². The van der Waals surface area contributed by atoms with Crippen LogP contribution in [0.5, 0.6) is 0 Å². The van der Waals surface area contributed by atoms with Crippen LogP contribution in [-0.2, 0) is 0 Å². The number of aliphatic imine (C=N–C) groups is 1. The molecule has 2 aliphatic rings. The summed E-state index contributed by atoms with van der Waals surface area (Å²) in [5, 5.41) is 9.78. The number of nitrogens with zero attached hydrogens (tertiary/aromatic N) is 3. The molecule has 1 aromatic heterocycles. The largest absolute Gasteiger partial charge is 0.395 e. The fraction of sp³-hybridized carbons (Fsp3) is 0.545. The first-order chi connectivity index (χ1) is 8.29. The zero-order chi connectivity index (χ0) is 11.8. The van der Waals surface area contributed by atoms with E-state index >= 15 is 0 Å². The number of hydrogen-bond acceptors (Lipinski definition) is 4. The highest BCUT2D eigenvalue weighted by atomic mass is 35.5. The summed E-state index contributed by atoms with van der Waals surface area (Å²) < 4.78 is 1.88. The number of likely N-dealkylation sites (tertiary alicyclic amines) is 1. The maximum absolute atomic E-state index is 9.39. The predicted molar refractivity (Wildman–Crippen MR) is 66.6 cm³/mol. The maximum Gasteiger partial charge on any atom is 0.212 e. The summed E-state index contributed by atoms with van der Waals surface area (Å²) in [6.45, 7) is 1.13. The second-order valence-electron chi connectivity index (χ2n) is 4.42. The number of aliphatic hydroxyl groups is 1. The normalized spacial score (nSPS) is 28.7. The molecule has 3 rings (SSSR count). The van der Waals surface area contributed by atoms with Crippen molar-refractivity contribution in [1.82, 2.24) is 9.58 Å². The molecule has 0 saturated carbocycles. The molecule has 1 fully saturated rings. The molecule has 0 amide bonds. The Morgan fingerprint density at radius 1 is 1.59 bits per heavy atom. The summed E-state index contributed by atoms with van der Waals surface area (Å²) in [4.78, 5) is 6.66. The molecule has 6 heteroatoms. The molecule has 1 unspecified atom stereocenters. The lowest BCUT2D eigenvalue weighted by Gasteiger charge is -2.32. The van der Waals surface area contributed by atoms with Gasteiger partial charge in [-0.2, -0.15) is 0 Å². The lowest BCUT2D eigenvalue weighted by molar-refractivity contribution is 0.118. The number of aromatic nitrogens is 1. The van der Waals surface area contributed by atoms with E-state index in [1.54, 1.807) is 0 Å². The van der Waals surface area contributed by atoms with Gasteiger partial charge in [-0.3, -0.25) is 15.0 Å². The van der Waals surface area contributed by atoms with E-state index in [1.807, 2.05) is 23.0 Å². The van der Waals surface area contributed by atoms with Gasteiger partial charge < -0.3 is 5.11 Å². The number of nitrogens with one attached hydrogen (secondary N) is 1. The van der Waals surface area contributed by atoms with Crippen molar-refractivity contribution in [3.63, 3.8) is 0 Å². The van der Waals surface area contributed by atoms with Gasteiger partial charge in [-0.25, -0.2) is 4.99 Å². The number of rotatable bonds is 2. The Morgan fingerprint density at radius 2 is 2.47 bits per heavy atom. The molecule has 0 bridgehead atoms. The summed E-state index contributed by atoms with van der Waals surface area (Å²) in [7, 11) is 0. The zero-order valence-electron chi connectivity index (χ0n) is 9.38. The van der Waals surface area contributed by atoms with Gasteiger partial charge in [0.2, 0.25) is 5.29 Å². The smallest absolute Gasteiger partial charge is 0.212 e. The molecule has 2 atom stereocenters. The van der Waals surface area contributed by atoms with Crippen molar-refractivity contribution in [1.29, 1.82) is 0 Å². The van der Waals surface area contributed by atoms with E-state index < -0.39 is 0 Å². The van der Waals surface area contributed by atoms with E-state index in [0.717, 1.165) is 25.1 Å². The minimum atomic E-state index is -0.0848. The van der Waals surface area contributed by atoms with Crippen molar-refractivity contribution < 1.29 is 5.11 Å². The van der Waals surface area contributed by atoms with Crippen LogP contribution in [0.2, 0.25) is 0 Å². The molecule has 0 aliphatic carbocycles. The van der Waals surface area contributed by atoms with Gasteiger partial charge in [0.1, 0.15) is 6.17 Å². The van der Waals surface area contributed by atoms with Gasteiger partial charge in [0.25, 0.3) is 0 Å². The van der Waals surface area contributed by atoms with Crippen molar-refractivity contribution in [2.24, 2.45) is 4.99 Å². The number of amidine groups is 1. The van der Waals surface area contributed by atoms with Crippen LogP contribution < -0.4 is 5.43 Å². The minimum Gasteiger partial charge on any atom is -0.395 e. The highest BCUT2D eigenvalue weighted by Gasteiger charge is 2.34. The first-order valence-corrected chi connectivity index (χ1v) is 6.21. The Hall–Kier alpha value is -1.04. The number of fused-ring (bicyclic) bond motifs is 1. The Bertz CT molecular complexity index is 444. The molecule has 2 aliphatic heterocycles. The summed E-state index contributed by atoms with van der Waals surface area (Å²) in [5.41, 5.74) is 4.03. The van der Waals surface area contributed by atoms with Crippen molar-refractivity contribution in [2.75, 3.05) is 18.6 Å². The Morgan fingerprint density at radius 3 is 3.29 bits per heavy atom. The van der Waals surface area contributed by atoms with Gasteiger partial charge in [-0.05, 0) is 36.6 Å². The van der Waals surface area contributed by atoms with Crippen molar-refractivity contribution >= 4 is 16.9 Å². The molecule has 0 radical (unpaired) electrons. The Labute approximate surface area is 105 Å². The van der Waals surface area contributed by atoms with Crippen LogP contribution in [0.15, 0.2) is 23.3 Å². The maximum atomic E-state index is 9.39. The van der Waals surface area contributed by atoms with E-state index in [4.69, 9.17) is 11.6 Å². The van der Waals surface area contributed by atoms with Gasteiger partial charge in [-0.1, -0.05) is 0 Å². The van der Waals surface area contributed by atoms with E-state index in [-0.39, 0.29) is 18.8 Å². The third-order valence-corrected chi connectivity index (χ3v) is 3.62. The second kappa shape index (κ2) is 4.33. The molecule has 3 heterocycles. The van der Waals surface area contributed by atoms with Gasteiger partial charge in [-0.15, -0.1) is 0 Å². The van der Waals surface area contributed by atoms with E-state index in [2.05, 4.69) is 15.3 Å². The summed E-state index contributed by atoms with van der Waals surface area (Å²) in [6.07, 6.45) is 3.96. The standard InChI is InChI=1S/C11H15ClN4O/c12-11-13-10(9-4-2-6-16(9)14-11)15-5-1-3-8(15)7-17/h2,4,6,8,10,17H,1,3,5,7H2,(H,13,14)/t8-,10?/m0/s1. The third kappa shape index (κ3) is 1.84. The molecule has 2 N–H and O–H groups in total. The van der Waals surface area contributed by atoms with Gasteiger partial charge >= 0.3 is 0 Å². The Kier molecular flexibility index (Phi) is 2.82. The average molecular weight is 255 g/mol. The highest BCUT2D eigenvalue weighted by Crippen LogP contribution is 2.32. The molecular weight excluding hydrogens is 240 g/mol. The van der Waals surface area contributed by atoms with Crippen LogP contribution in [0.25, 0.3) is 0 Å². The van der Waals surface area contributed by atoms with Crippen LogP contribution in [0.3, 0.4) is 0 Å². The van der Waals surface area contributed by atoms with Crippen LogP contribution in [0.4, 0.5) is 0 Å². The molecule has 92 valence electrons. The molecule has 0 aromatic carbocycles. The summed E-state index contributed by atoms with van der Waals surface area (Å²) in [6, 6.07) is 4.18. The topological polar surface area (TPSA) is 52.8 Å². The fourth-order valence-corrected chi connectivity index (χ4v) is 2.81. The molecule has 5 nitrogen and oxygen atoms in total. The Balaban J connectivity index is 1.93. The van der Waals surface area contributed by atoms with Crippen molar-refractivity contribution in [3.05, 3.63) is 24.0 Å². The van der Waals surface area contributed by atoms with Gasteiger partial charge in [0.05, 0.1) is 12.3 Å². The molecule has 17 heavy (non-hydrogen) atoms. The molecule has 0 spiro atoms. The first kappa shape index (κ1) is 11.1. The van der Waals surface area contributed by atoms with Crippen LogP contribution >= 0.6 is 11.6 Å². The SMILES string of the molecule is OC[C@@H]1CCCN1C1N=C(Cl)Nn2cccc21. The fourth-order valence-electron chi connectivity index (χ4n) is 2.63. The van der Waals surface area contributed by atoms with Gasteiger partial charge in [0, 0.05) is 18.8 Å². The van der Waals surface area contributed by atoms with Crippen LogP contribution in [0, 0.1) is 0 Å². The number of aliphatic hydroxyl groups excluding tert-OH is 1. The summed E-state index contributed by atoms with van der Waals surface area (Å²) in [5.74, 6) is 0. The zero-order valence-corrected chi connectivity index (χ0v) is 10.1. The van der Waals surface area contributed by atoms with Crippen molar-refractivity contribution in [2.45, 2.75) is 25.0 Å². The third-order valence-electron chi connectivity index (χ3n) is 3.44. The van der Waals surface area contributed by atoms with E-state index in [0.29, 0.717) is 5.29 Å². The van der Waals surface area contributed by atoms with E-state index in [9.17, 15) is 5.11 Å². The lowest BCUT2D eigenvalue weighted by atomic mass is 10.2. The predicted octanol–water partition coefficient (Wildman–Crippen LogP) is 1.10. The summed E-state index contributed by atoms with van der Waals surface area (Å²) >= 11 is 5.99. The average Bonchev–Trinajstić information content (AvgIpc) is 2.95. The molecule has 1 aromatic rings. The lowest BCUT2D eigenvalue weighted by Crippen LogP contribution is -2.39.